The molecule has 3 aromatic carbocycles. The standard InChI is InChI=1S/3C7H4Br2O3.Al/c3*8-4-2-1-3(7(11)12)6(10)5(4)9;/h3*1-2,10H,(H,11,12);/q;;;+3/p-3. The third-order valence-corrected chi connectivity index (χ3v) is 9.78. The van der Waals surface area contributed by atoms with Crippen molar-refractivity contribution in [3.63, 3.8) is 0 Å². The molecule has 192 valence electrons. The first kappa shape index (κ1) is 35.9. The van der Waals surface area contributed by atoms with Crippen molar-refractivity contribution in [3.05, 3.63) is 79.9 Å². The van der Waals surface area contributed by atoms with Gasteiger partial charge in [0.25, 0.3) is 0 Å². The summed E-state index contributed by atoms with van der Waals surface area (Å²) in [5.74, 6) is -5.19. The Bertz CT molecular complexity index is 1170. The van der Waals surface area contributed by atoms with Crippen LogP contribution in [0.25, 0.3) is 0 Å². The van der Waals surface area contributed by atoms with Crippen molar-refractivity contribution >= 4 is 131 Å². The molecular weight excluding hydrogens is 903 g/mol. The molecule has 0 atom stereocenters. The summed E-state index contributed by atoms with van der Waals surface area (Å²) in [4.78, 5) is 31.3. The maximum absolute atomic E-state index is 11.2. The summed E-state index contributed by atoms with van der Waals surface area (Å²) in [5, 5.41) is 59.2. The Morgan fingerprint density at radius 1 is 0.486 bits per heavy atom. The maximum atomic E-state index is 11.2. The summed E-state index contributed by atoms with van der Waals surface area (Å²) in [6.07, 6.45) is 0. The first-order valence-corrected chi connectivity index (χ1v) is 13.5. The van der Waals surface area contributed by atoms with Crippen LogP contribution in [0.2, 0.25) is 0 Å². The Hall–Kier alpha value is -1.12. The van der Waals surface area contributed by atoms with Crippen LogP contribution >= 0.6 is 95.6 Å². The van der Waals surface area contributed by atoms with E-state index in [0.29, 0.717) is 13.4 Å². The van der Waals surface area contributed by atoms with Crippen molar-refractivity contribution < 1.29 is 45.0 Å². The quantitative estimate of drug-likeness (QED) is 0.283. The van der Waals surface area contributed by atoms with Gasteiger partial charge in [0.1, 0.15) is 0 Å². The minimum atomic E-state index is -1.21. The van der Waals surface area contributed by atoms with Gasteiger partial charge < -0.3 is 30.6 Å². The van der Waals surface area contributed by atoms with Crippen LogP contribution in [0.4, 0.5) is 0 Å². The molecule has 0 spiro atoms. The number of halogens is 6. The van der Waals surface area contributed by atoms with Gasteiger partial charge in [-0.2, -0.15) is 0 Å². The third kappa shape index (κ3) is 9.85. The number of aromatic carboxylic acids is 3. The van der Waals surface area contributed by atoms with Gasteiger partial charge in [0.2, 0.25) is 0 Å². The Balaban J connectivity index is 0.000000518. The van der Waals surface area contributed by atoms with Crippen LogP contribution < -0.4 is 15.3 Å². The van der Waals surface area contributed by atoms with Gasteiger partial charge in [-0.1, -0.05) is 65.0 Å². The molecule has 0 saturated heterocycles. The minimum Gasteiger partial charge on any atom is -0.871 e. The Kier molecular flexibility index (Phi) is 15.6. The molecule has 37 heavy (non-hydrogen) atoms. The van der Waals surface area contributed by atoms with E-state index in [0.717, 1.165) is 0 Å². The largest absolute Gasteiger partial charge is 3.00 e. The van der Waals surface area contributed by atoms with Crippen molar-refractivity contribution in [2.45, 2.75) is 0 Å². The van der Waals surface area contributed by atoms with Gasteiger partial charge >= 0.3 is 35.3 Å². The summed E-state index contributed by atoms with van der Waals surface area (Å²) >= 11 is 18.2. The molecule has 0 aliphatic heterocycles. The average Bonchev–Trinajstić information content (AvgIpc) is 2.79. The van der Waals surface area contributed by atoms with Crippen molar-refractivity contribution in [1.29, 1.82) is 0 Å². The number of hydrogen-bond donors (Lipinski definition) is 3. The first-order valence-electron chi connectivity index (χ1n) is 8.76. The Labute approximate surface area is 270 Å². The zero-order valence-electron chi connectivity index (χ0n) is 17.6. The van der Waals surface area contributed by atoms with Crippen LogP contribution in [0, 0.1) is 0 Å². The fourth-order valence-electron chi connectivity index (χ4n) is 2.10. The molecule has 0 heterocycles. The van der Waals surface area contributed by atoms with E-state index in [1.165, 1.54) is 36.4 Å². The first-order chi connectivity index (χ1) is 16.6. The molecule has 0 saturated carbocycles. The summed E-state index contributed by atoms with van der Waals surface area (Å²) < 4.78 is 2.37. The number of hydrogen-bond acceptors (Lipinski definition) is 6. The second kappa shape index (κ2) is 16.1. The molecule has 0 aliphatic rings. The number of carboxylic acids is 3. The van der Waals surface area contributed by atoms with E-state index in [1.54, 1.807) is 0 Å². The molecule has 9 nitrogen and oxygen atoms in total. The summed E-state index contributed by atoms with van der Waals surface area (Å²) in [6, 6.07) is 8.32. The van der Waals surface area contributed by atoms with Crippen LogP contribution in [0.1, 0.15) is 31.1 Å². The topological polar surface area (TPSA) is 181 Å². The molecule has 16 heteroatoms. The van der Waals surface area contributed by atoms with E-state index in [4.69, 9.17) is 15.3 Å². The molecular formula is C21H9AlBr6O9. The van der Waals surface area contributed by atoms with Gasteiger partial charge in [-0.25, -0.2) is 14.4 Å². The van der Waals surface area contributed by atoms with E-state index in [9.17, 15) is 29.7 Å². The molecule has 0 aromatic heterocycles. The summed E-state index contributed by atoms with van der Waals surface area (Å²) in [7, 11) is 0. The fourth-order valence-corrected chi connectivity index (χ4v) is 4.08. The Morgan fingerprint density at radius 2 is 0.676 bits per heavy atom. The van der Waals surface area contributed by atoms with Crippen molar-refractivity contribution in [3.8, 4) is 17.2 Å². The van der Waals surface area contributed by atoms with Crippen molar-refractivity contribution in [2.75, 3.05) is 0 Å². The second-order valence-electron chi connectivity index (χ2n) is 6.13. The van der Waals surface area contributed by atoms with Gasteiger partial charge in [0.05, 0.1) is 16.7 Å². The van der Waals surface area contributed by atoms with E-state index in [2.05, 4.69) is 95.6 Å². The number of carbonyl (C=O) groups is 3. The van der Waals surface area contributed by atoms with Gasteiger partial charge in [-0.3, -0.25) is 0 Å². The molecule has 0 radical (unpaired) electrons. The van der Waals surface area contributed by atoms with Crippen molar-refractivity contribution in [2.24, 2.45) is 0 Å². The molecule has 3 aromatic rings. The third-order valence-electron chi connectivity index (χ3n) is 3.84. The van der Waals surface area contributed by atoms with E-state index in [-0.39, 0.29) is 47.5 Å². The van der Waals surface area contributed by atoms with Crippen LogP contribution in [-0.4, -0.2) is 50.6 Å². The van der Waals surface area contributed by atoms with Crippen LogP contribution in [0.3, 0.4) is 0 Å². The van der Waals surface area contributed by atoms with Gasteiger partial charge in [0, 0.05) is 26.8 Å². The SMILES string of the molecule is O=C(O)c1ccc(Br)c(Br)c1[O-].O=C(O)c1ccc(Br)c(Br)c1[O-].O=C(O)c1ccc(Br)c(Br)c1[O-].[Al+3]. The van der Waals surface area contributed by atoms with Crippen LogP contribution in [0.15, 0.2) is 63.2 Å². The molecule has 0 bridgehead atoms. The van der Waals surface area contributed by atoms with E-state index >= 15 is 0 Å². The molecule has 3 rings (SSSR count). The van der Waals surface area contributed by atoms with Gasteiger partial charge in [-0.15, -0.1) is 0 Å². The van der Waals surface area contributed by atoms with E-state index < -0.39 is 35.2 Å². The normalized spacial score (nSPS) is 9.57. The van der Waals surface area contributed by atoms with Crippen LogP contribution in [0.5, 0.6) is 17.2 Å². The van der Waals surface area contributed by atoms with Crippen LogP contribution in [-0.2, 0) is 0 Å². The molecule has 0 unspecified atom stereocenters. The number of rotatable bonds is 3. The fraction of sp³-hybridized carbons (Fsp3) is 0. The number of benzene rings is 3. The number of carboxylic acid groups (broad SMARTS) is 3. The van der Waals surface area contributed by atoms with E-state index in [1.807, 2.05) is 0 Å². The molecule has 0 amide bonds. The summed E-state index contributed by atoms with van der Waals surface area (Å²) in [5.41, 5.74) is -0.694. The Morgan fingerprint density at radius 3 is 0.838 bits per heavy atom. The smallest absolute Gasteiger partial charge is 0.871 e. The second-order valence-corrected chi connectivity index (χ2v) is 11.1. The zero-order chi connectivity index (χ0) is 27.9. The average molecular weight is 912 g/mol. The van der Waals surface area contributed by atoms with Gasteiger partial charge in [-0.05, 0) is 84.2 Å². The zero-order valence-corrected chi connectivity index (χ0v) is 28.3. The van der Waals surface area contributed by atoms with Gasteiger partial charge in [0.15, 0.2) is 0 Å². The van der Waals surface area contributed by atoms with Crippen molar-refractivity contribution in [1.82, 2.24) is 0 Å². The minimum absolute atomic E-state index is 0. The molecule has 0 aliphatic carbocycles. The maximum Gasteiger partial charge on any atom is 3.00 e. The predicted molar refractivity (Wildman–Crippen MR) is 150 cm³/mol. The summed E-state index contributed by atoms with van der Waals surface area (Å²) in [6.45, 7) is 0. The molecule has 3 N–H and O–H groups in total. The predicted octanol–water partition coefficient (Wildman–Crippen LogP) is 5.57. The monoisotopic (exact) mass is 906 g/mol. The molecule has 0 fully saturated rings.